The fraction of sp³-hybridized carbons (Fsp3) is 0.400. The second kappa shape index (κ2) is 4.81. The van der Waals surface area contributed by atoms with Crippen molar-refractivity contribution in [3.05, 3.63) is 18.3 Å². The lowest BCUT2D eigenvalue weighted by atomic mass is 10.4. The van der Waals surface area contributed by atoms with Crippen LogP contribution < -0.4 is 0 Å². The normalized spacial score (nSPS) is 13.1. The fourth-order valence-electron chi connectivity index (χ4n) is 1.21. The van der Waals surface area contributed by atoms with Crippen LogP contribution >= 0.6 is 11.3 Å². The summed E-state index contributed by atoms with van der Waals surface area (Å²) in [6.07, 6.45) is 3.76. The molecule has 80 valence electrons. The van der Waals surface area contributed by atoms with E-state index in [1.54, 1.807) is 6.20 Å². The molecule has 0 N–H and O–H groups in total. The lowest BCUT2D eigenvalue weighted by Gasteiger charge is -1.93. The van der Waals surface area contributed by atoms with Crippen molar-refractivity contribution in [3.8, 4) is 0 Å². The Labute approximate surface area is 95.0 Å². The lowest BCUT2D eigenvalue weighted by Crippen LogP contribution is -1.96. The second-order valence-corrected chi connectivity index (χ2v) is 5.98. The SMILES string of the molecule is CCCCS(=O)c1nc2ncccc2s1. The molecule has 1 unspecified atom stereocenters. The van der Waals surface area contributed by atoms with Gasteiger partial charge in [-0.1, -0.05) is 13.3 Å². The number of aromatic nitrogens is 2. The molecule has 0 aliphatic heterocycles. The Morgan fingerprint density at radius 3 is 3.13 bits per heavy atom. The smallest absolute Gasteiger partial charge is 0.183 e. The molecule has 0 aliphatic carbocycles. The third kappa shape index (κ3) is 2.41. The van der Waals surface area contributed by atoms with Gasteiger partial charge in [-0.25, -0.2) is 9.97 Å². The lowest BCUT2D eigenvalue weighted by molar-refractivity contribution is 0.679. The number of thiazole rings is 1. The highest BCUT2D eigenvalue weighted by atomic mass is 32.2. The number of hydrogen-bond donors (Lipinski definition) is 0. The summed E-state index contributed by atoms with van der Waals surface area (Å²) >= 11 is 1.48. The summed E-state index contributed by atoms with van der Waals surface area (Å²) in [6, 6.07) is 3.83. The largest absolute Gasteiger partial charge is 0.252 e. The van der Waals surface area contributed by atoms with Crippen LogP contribution in [0.4, 0.5) is 0 Å². The zero-order chi connectivity index (χ0) is 10.7. The monoisotopic (exact) mass is 240 g/mol. The number of unbranched alkanes of at least 4 members (excludes halogenated alkanes) is 1. The van der Waals surface area contributed by atoms with E-state index in [9.17, 15) is 4.21 Å². The summed E-state index contributed by atoms with van der Waals surface area (Å²) in [5.41, 5.74) is 0.711. The van der Waals surface area contributed by atoms with Gasteiger partial charge in [0.2, 0.25) is 0 Å². The minimum Gasteiger partial charge on any atom is -0.252 e. The van der Waals surface area contributed by atoms with Crippen LogP contribution in [-0.2, 0) is 10.8 Å². The van der Waals surface area contributed by atoms with Crippen molar-refractivity contribution in [2.45, 2.75) is 24.1 Å². The molecular formula is C10H12N2OS2. The fourth-order valence-corrected chi connectivity index (χ4v) is 3.67. The van der Waals surface area contributed by atoms with Crippen LogP contribution in [0.1, 0.15) is 19.8 Å². The van der Waals surface area contributed by atoms with Gasteiger partial charge in [0.1, 0.15) is 0 Å². The molecule has 0 saturated carbocycles. The summed E-state index contributed by atoms with van der Waals surface area (Å²) in [5.74, 6) is 0.705. The third-order valence-corrected chi connectivity index (χ3v) is 4.78. The van der Waals surface area contributed by atoms with E-state index in [4.69, 9.17) is 0 Å². The molecule has 0 aromatic carbocycles. The average Bonchev–Trinajstić information content (AvgIpc) is 2.69. The first-order chi connectivity index (χ1) is 7.31. The molecule has 3 nitrogen and oxygen atoms in total. The molecule has 0 spiro atoms. The van der Waals surface area contributed by atoms with E-state index in [2.05, 4.69) is 16.9 Å². The van der Waals surface area contributed by atoms with E-state index < -0.39 is 10.8 Å². The summed E-state index contributed by atoms with van der Waals surface area (Å²) in [4.78, 5) is 8.40. The summed E-state index contributed by atoms with van der Waals surface area (Å²) < 4.78 is 13.5. The molecular weight excluding hydrogens is 228 g/mol. The number of nitrogens with zero attached hydrogens (tertiary/aromatic N) is 2. The molecule has 0 amide bonds. The Kier molecular flexibility index (Phi) is 3.43. The first-order valence-electron chi connectivity index (χ1n) is 4.91. The minimum absolute atomic E-state index is 0.705. The van der Waals surface area contributed by atoms with Gasteiger partial charge >= 0.3 is 0 Å². The third-order valence-electron chi connectivity index (χ3n) is 2.02. The summed E-state index contributed by atoms with van der Waals surface area (Å²) in [7, 11) is -0.949. The van der Waals surface area contributed by atoms with Crippen molar-refractivity contribution < 1.29 is 4.21 Å². The highest BCUT2D eigenvalue weighted by molar-refractivity contribution is 7.87. The molecule has 2 aromatic rings. The molecule has 0 fully saturated rings. The maximum Gasteiger partial charge on any atom is 0.183 e. The van der Waals surface area contributed by atoms with Gasteiger partial charge in [0, 0.05) is 11.9 Å². The Morgan fingerprint density at radius 1 is 1.53 bits per heavy atom. The molecule has 2 rings (SSSR count). The first-order valence-corrected chi connectivity index (χ1v) is 7.04. The van der Waals surface area contributed by atoms with E-state index in [0.717, 1.165) is 17.5 Å². The first kappa shape index (κ1) is 10.7. The van der Waals surface area contributed by atoms with Gasteiger partial charge in [0.25, 0.3) is 0 Å². The molecule has 2 heterocycles. The van der Waals surface area contributed by atoms with Gasteiger partial charge in [0.05, 0.1) is 15.5 Å². The number of rotatable bonds is 4. The number of fused-ring (bicyclic) bond motifs is 1. The summed E-state index contributed by atoms with van der Waals surface area (Å²) in [6.45, 7) is 2.09. The van der Waals surface area contributed by atoms with Gasteiger partial charge in [-0.05, 0) is 18.6 Å². The van der Waals surface area contributed by atoms with Crippen LogP contribution in [0.2, 0.25) is 0 Å². The van der Waals surface area contributed by atoms with Crippen molar-refractivity contribution in [1.82, 2.24) is 9.97 Å². The molecule has 2 aromatic heterocycles. The van der Waals surface area contributed by atoms with Gasteiger partial charge in [-0.3, -0.25) is 4.21 Å². The molecule has 0 bridgehead atoms. The Morgan fingerprint density at radius 2 is 2.40 bits per heavy atom. The van der Waals surface area contributed by atoms with Gasteiger partial charge < -0.3 is 0 Å². The van der Waals surface area contributed by atoms with Crippen LogP contribution in [-0.4, -0.2) is 19.9 Å². The van der Waals surface area contributed by atoms with Crippen LogP contribution in [0, 0.1) is 0 Å². The van der Waals surface area contributed by atoms with E-state index in [-0.39, 0.29) is 0 Å². The molecule has 0 saturated heterocycles. The average molecular weight is 240 g/mol. The van der Waals surface area contributed by atoms with Crippen molar-refractivity contribution in [1.29, 1.82) is 0 Å². The number of hydrogen-bond acceptors (Lipinski definition) is 4. The minimum atomic E-state index is -0.949. The zero-order valence-electron chi connectivity index (χ0n) is 8.47. The van der Waals surface area contributed by atoms with Crippen LogP contribution in [0.15, 0.2) is 22.7 Å². The predicted octanol–water partition coefficient (Wildman–Crippen LogP) is 2.60. The molecule has 0 radical (unpaired) electrons. The highest BCUT2D eigenvalue weighted by Gasteiger charge is 2.10. The van der Waals surface area contributed by atoms with Crippen molar-refractivity contribution in [2.75, 3.05) is 5.75 Å². The molecule has 15 heavy (non-hydrogen) atoms. The maximum absolute atomic E-state index is 11.8. The van der Waals surface area contributed by atoms with Gasteiger partial charge in [-0.15, -0.1) is 11.3 Å². The van der Waals surface area contributed by atoms with E-state index in [0.29, 0.717) is 15.7 Å². The quantitative estimate of drug-likeness (QED) is 0.825. The van der Waals surface area contributed by atoms with Crippen LogP contribution in [0.3, 0.4) is 0 Å². The molecule has 5 heteroatoms. The van der Waals surface area contributed by atoms with Crippen LogP contribution in [0.5, 0.6) is 0 Å². The van der Waals surface area contributed by atoms with Crippen molar-refractivity contribution >= 4 is 32.5 Å². The van der Waals surface area contributed by atoms with E-state index in [1.165, 1.54) is 11.3 Å². The molecule has 0 aliphatic rings. The predicted molar refractivity (Wildman–Crippen MR) is 63.6 cm³/mol. The van der Waals surface area contributed by atoms with Crippen molar-refractivity contribution in [3.63, 3.8) is 0 Å². The molecule has 1 atom stereocenters. The van der Waals surface area contributed by atoms with Crippen LogP contribution in [0.25, 0.3) is 10.3 Å². The standard InChI is InChI=1S/C10H12N2OS2/c1-2-3-7-15(13)10-12-9-8(14-10)5-4-6-11-9/h4-6H,2-3,7H2,1H3. The summed E-state index contributed by atoms with van der Waals surface area (Å²) in [5, 5.41) is 0. The van der Waals surface area contributed by atoms with Gasteiger partial charge in [0.15, 0.2) is 9.99 Å². The Hall–Kier alpha value is -0.810. The number of pyridine rings is 1. The van der Waals surface area contributed by atoms with Gasteiger partial charge in [-0.2, -0.15) is 0 Å². The second-order valence-electron chi connectivity index (χ2n) is 3.21. The van der Waals surface area contributed by atoms with E-state index in [1.807, 2.05) is 12.1 Å². The maximum atomic E-state index is 11.8. The highest BCUT2D eigenvalue weighted by Crippen LogP contribution is 2.22. The van der Waals surface area contributed by atoms with E-state index >= 15 is 0 Å². The topological polar surface area (TPSA) is 42.9 Å². The van der Waals surface area contributed by atoms with Crippen molar-refractivity contribution in [2.24, 2.45) is 0 Å². The Bertz CT molecular complexity index is 448. The zero-order valence-corrected chi connectivity index (χ0v) is 10.1. The Balaban J connectivity index is 2.25.